The lowest BCUT2D eigenvalue weighted by Crippen LogP contribution is -2.50. The summed E-state index contributed by atoms with van der Waals surface area (Å²) < 4.78 is 0. The first kappa shape index (κ1) is 18.4. The van der Waals surface area contributed by atoms with Crippen molar-refractivity contribution in [2.75, 3.05) is 26.2 Å². The van der Waals surface area contributed by atoms with Crippen LogP contribution in [0, 0.1) is 5.92 Å². The highest BCUT2D eigenvalue weighted by molar-refractivity contribution is 5.77. The summed E-state index contributed by atoms with van der Waals surface area (Å²) in [5.74, 6) is 0.893. The van der Waals surface area contributed by atoms with Crippen LogP contribution in [0.25, 0.3) is 0 Å². The lowest BCUT2D eigenvalue weighted by Gasteiger charge is -2.38. The first-order valence-corrected chi connectivity index (χ1v) is 8.76. The Morgan fingerprint density at radius 1 is 1.14 bits per heavy atom. The van der Waals surface area contributed by atoms with Gasteiger partial charge in [-0.3, -0.25) is 9.69 Å². The van der Waals surface area contributed by atoms with Crippen LogP contribution >= 0.6 is 0 Å². The minimum atomic E-state index is 0.186. The van der Waals surface area contributed by atoms with Crippen LogP contribution in [-0.2, 0) is 4.79 Å². The molecule has 1 aliphatic rings. The molecule has 0 aliphatic carbocycles. The second-order valence-electron chi connectivity index (χ2n) is 6.74. The zero-order valence-corrected chi connectivity index (χ0v) is 14.5. The van der Waals surface area contributed by atoms with Crippen LogP contribution in [0.1, 0.15) is 59.8 Å². The molecule has 0 spiro atoms. The standard InChI is InChI=1S/C17H35N3O/c1-5-15(6-2)20(13-14(3)4)16(12-18)11-17(21)19-9-7-8-10-19/h14-16H,5-13,18H2,1-4H3. The van der Waals surface area contributed by atoms with E-state index in [1.807, 2.05) is 4.90 Å². The van der Waals surface area contributed by atoms with Crippen LogP contribution in [0.15, 0.2) is 0 Å². The number of carbonyl (C=O) groups is 1. The number of hydrogen-bond acceptors (Lipinski definition) is 3. The quantitative estimate of drug-likeness (QED) is 0.711. The van der Waals surface area contributed by atoms with Crippen molar-refractivity contribution in [3.63, 3.8) is 0 Å². The molecule has 0 saturated carbocycles. The molecule has 1 unspecified atom stereocenters. The Labute approximate surface area is 131 Å². The third-order valence-corrected chi connectivity index (χ3v) is 4.60. The maximum absolute atomic E-state index is 12.4. The Morgan fingerprint density at radius 3 is 2.14 bits per heavy atom. The van der Waals surface area contributed by atoms with Crippen molar-refractivity contribution in [3.05, 3.63) is 0 Å². The van der Waals surface area contributed by atoms with Crippen molar-refractivity contribution in [2.45, 2.75) is 71.9 Å². The second-order valence-corrected chi connectivity index (χ2v) is 6.74. The number of hydrogen-bond donors (Lipinski definition) is 1. The molecule has 1 amide bonds. The van der Waals surface area contributed by atoms with Crippen LogP contribution in [0.3, 0.4) is 0 Å². The molecular formula is C17H35N3O. The van der Waals surface area contributed by atoms with Gasteiger partial charge in [0.2, 0.25) is 5.91 Å². The molecule has 21 heavy (non-hydrogen) atoms. The molecule has 1 saturated heterocycles. The number of nitrogens with zero attached hydrogens (tertiary/aromatic N) is 2. The number of rotatable bonds is 9. The highest BCUT2D eigenvalue weighted by Crippen LogP contribution is 2.19. The third kappa shape index (κ3) is 5.59. The Kier molecular flexibility index (Phi) is 8.27. The fraction of sp³-hybridized carbons (Fsp3) is 0.941. The SMILES string of the molecule is CCC(CC)N(CC(C)C)C(CN)CC(=O)N1CCCC1. The lowest BCUT2D eigenvalue weighted by molar-refractivity contribution is -0.131. The summed E-state index contributed by atoms with van der Waals surface area (Å²) in [6, 6.07) is 0.720. The summed E-state index contributed by atoms with van der Waals surface area (Å²) in [5.41, 5.74) is 6.03. The summed E-state index contributed by atoms with van der Waals surface area (Å²) in [4.78, 5) is 17.0. The van der Waals surface area contributed by atoms with E-state index in [2.05, 4.69) is 32.6 Å². The normalized spacial score (nSPS) is 17.2. The molecule has 0 aromatic heterocycles. The Balaban J connectivity index is 2.72. The highest BCUT2D eigenvalue weighted by atomic mass is 16.2. The summed E-state index contributed by atoms with van der Waals surface area (Å²) in [7, 11) is 0. The van der Waals surface area contributed by atoms with E-state index >= 15 is 0 Å². The van der Waals surface area contributed by atoms with Crippen molar-refractivity contribution in [1.82, 2.24) is 9.80 Å². The zero-order chi connectivity index (χ0) is 15.8. The molecule has 1 heterocycles. The number of likely N-dealkylation sites (tertiary alicyclic amines) is 1. The van der Waals surface area contributed by atoms with E-state index in [1.54, 1.807) is 0 Å². The molecule has 4 heteroatoms. The third-order valence-electron chi connectivity index (χ3n) is 4.60. The molecule has 4 nitrogen and oxygen atoms in total. The van der Waals surface area contributed by atoms with Gasteiger partial charge in [0.15, 0.2) is 0 Å². The molecule has 0 radical (unpaired) electrons. The van der Waals surface area contributed by atoms with Crippen LogP contribution in [0.2, 0.25) is 0 Å². The average molecular weight is 297 g/mol. The van der Waals surface area contributed by atoms with E-state index in [0.717, 1.165) is 45.3 Å². The number of nitrogens with two attached hydrogens (primary N) is 1. The molecule has 2 N–H and O–H groups in total. The largest absolute Gasteiger partial charge is 0.343 e. The van der Waals surface area contributed by atoms with Gasteiger partial charge in [0.05, 0.1) is 0 Å². The van der Waals surface area contributed by atoms with Gasteiger partial charge in [0, 0.05) is 44.7 Å². The number of carbonyl (C=O) groups excluding carboxylic acids is 1. The first-order valence-electron chi connectivity index (χ1n) is 8.76. The lowest BCUT2D eigenvalue weighted by atomic mass is 10.0. The molecule has 1 fully saturated rings. The predicted octanol–water partition coefficient (Wildman–Crippen LogP) is 2.47. The van der Waals surface area contributed by atoms with Gasteiger partial charge in [-0.1, -0.05) is 27.7 Å². The van der Waals surface area contributed by atoms with Gasteiger partial charge in [-0.25, -0.2) is 0 Å². The summed E-state index contributed by atoms with van der Waals surface area (Å²) >= 11 is 0. The summed E-state index contributed by atoms with van der Waals surface area (Å²) in [6.07, 6.45) is 5.14. The van der Waals surface area contributed by atoms with Gasteiger partial charge in [0.25, 0.3) is 0 Å². The molecule has 124 valence electrons. The maximum Gasteiger partial charge on any atom is 0.224 e. The van der Waals surface area contributed by atoms with Crippen molar-refractivity contribution >= 4 is 5.91 Å². The number of amides is 1. The van der Waals surface area contributed by atoms with Crippen molar-refractivity contribution in [1.29, 1.82) is 0 Å². The van der Waals surface area contributed by atoms with E-state index in [1.165, 1.54) is 0 Å². The predicted molar refractivity (Wildman–Crippen MR) is 89.2 cm³/mol. The first-order chi connectivity index (χ1) is 10.0. The van der Waals surface area contributed by atoms with E-state index in [0.29, 0.717) is 30.8 Å². The van der Waals surface area contributed by atoms with Crippen molar-refractivity contribution in [3.8, 4) is 0 Å². The highest BCUT2D eigenvalue weighted by Gasteiger charge is 2.28. The smallest absolute Gasteiger partial charge is 0.224 e. The van der Waals surface area contributed by atoms with Crippen LogP contribution < -0.4 is 5.73 Å². The Bertz CT molecular complexity index is 296. The van der Waals surface area contributed by atoms with Gasteiger partial charge in [0.1, 0.15) is 0 Å². The Morgan fingerprint density at radius 2 is 1.71 bits per heavy atom. The van der Waals surface area contributed by atoms with Crippen molar-refractivity contribution in [2.24, 2.45) is 11.7 Å². The van der Waals surface area contributed by atoms with Crippen molar-refractivity contribution < 1.29 is 4.79 Å². The molecule has 0 aromatic carbocycles. The molecule has 1 atom stereocenters. The molecule has 1 rings (SSSR count). The molecular weight excluding hydrogens is 262 g/mol. The van der Waals surface area contributed by atoms with Gasteiger partial charge in [-0.2, -0.15) is 0 Å². The fourth-order valence-corrected chi connectivity index (χ4v) is 3.41. The van der Waals surface area contributed by atoms with E-state index in [-0.39, 0.29) is 6.04 Å². The maximum atomic E-state index is 12.4. The second kappa shape index (κ2) is 9.42. The topological polar surface area (TPSA) is 49.6 Å². The summed E-state index contributed by atoms with van der Waals surface area (Å²) in [6.45, 7) is 12.4. The van der Waals surface area contributed by atoms with E-state index in [4.69, 9.17) is 5.73 Å². The van der Waals surface area contributed by atoms with Crippen LogP contribution in [0.5, 0.6) is 0 Å². The minimum absolute atomic E-state index is 0.186. The fourth-order valence-electron chi connectivity index (χ4n) is 3.41. The monoisotopic (exact) mass is 297 g/mol. The van der Waals surface area contributed by atoms with Crippen LogP contribution in [-0.4, -0.2) is 54.0 Å². The average Bonchev–Trinajstić information content (AvgIpc) is 2.98. The van der Waals surface area contributed by atoms with Gasteiger partial charge < -0.3 is 10.6 Å². The minimum Gasteiger partial charge on any atom is -0.343 e. The molecule has 0 aromatic rings. The van der Waals surface area contributed by atoms with Gasteiger partial charge in [-0.15, -0.1) is 0 Å². The summed E-state index contributed by atoms with van der Waals surface area (Å²) in [5, 5.41) is 0. The molecule has 1 aliphatic heterocycles. The van der Waals surface area contributed by atoms with E-state index in [9.17, 15) is 4.79 Å². The van der Waals surface area contributed by atoms with Gasteiger partial charge in [-0.05, 0) is 31.6 Å². The van der Waals surface area contributed by atoms with Gasteiger partial charge >= 0.3 is 0 Å². The Hall–Kier alpha value is -0.610. The van der Waals surface area contributed by atoms with Crippen LogP contribution in [0.4, 0.5) is 0 Å². The van der Waals surface area contributed by atoms with E-state index < -0.39 is 0 Å². The zero-order valence-electron chi connectivity index (χ0n) is 14.5. The molecule has 0 bridgehead atoms.